The zero-order chi connectivity index (χ0) is 13.4. The van der Waals surface area contributed by atoms with Gasteiger partial charge < -0.3 is 0 Å². The fourth-order valence-corrected chi connectivity index (χ4v) is 2.84. The Morgan fingerprint density at radius 2 is 1.20 bits per heavy atom. The minimum atomic E-state index is 1.00. The van der Waals surface area contributed by atoms with Crippen LogP contribution < -0.4 is 20.6 Å². The molecule has 2 aromatic rings. The van der Waals surface area contributed by atoms with Gasteiger partial charge in [-0.2, -0.15) is 0 Å². The van der Waals surface area contributed by atoms with Gasteiger partial charge in [-0.15, -0.1) is 0 Å². The highest BCUT2D eigenvalue weighted by Crippen LogP contribution is 2.18. The predicted octanol–water partition coefficient (Wildman–Crippen LogP) is -2.30. The monoisotopic (exact) mass is 266 g/mol. The molecule has 2 aliphatic rings. The van der Waals surface area contributed by atoms with Crippen LogP contribution in [0.25, 0.3) is 10.8 Å². The van der Waals surface area contributed by atoms with Crippen molar-refractivity contribution in [2.45, 2.75) is 0 Å². The molecule has 0 aliphatic carbocycles. The molecule has 0 saturated carbocycles. The van der Waals surface area contributed by atoms with E-state index in [-0.39, 0.29) is 0 Å². The second-order valence-electron chi connectivity index (χ2n) is 5.23. The molecule has 0 saturated heterocycles. The lowest BCUT2D eigenvalue weighted by Crippen LogP contribution is -2.70. The lowest BCUT2D eigenvalue weighted by atomic mass is 10.0. The Balaban J connectivity index is 1.75. The summed E-state index contributed by atoms with van der Waals surface area (Å²) in [7, 11) is 0. The van der Waals surface area contributed by atoms with Crippen molar-refractivity contribution >= 4 is 22.4 Å². The fraction of sp³-hybridized carbons (Fsp3) is 0.250. The van der Waals surface area contributed by atoms with Crippen LogP contribution in [0, 0.1) is 0 Å². The maximum absolute atomic E-state index is 3.38. The second kappa shape index (κ2) is 4.63. The summed E-state index contributed by atoms with van der Waals surface area (Å²) in [6.45, 7) is 4.01. The Hall–Kier alpha value is -2.36. The van der Waals surface area contributed by atoms with E-state index in [0.717, 1.165) is 37.9 Å². The largest absolute Gasteiger partial charge is 0.275 e. The zero-order valence-corrected chi connectivity index (χ0v) is 11.3. The fourth-order valence-electron chi connectivity index (χ4n) is 2.84. The van der Waals surface area contributed by atoms with Gasteiger partial charge in [0, 0.05) is 0 Å². The topological polar surface area (TPSA) is 52.0 Å². The zero-order valence-electron chi connectivity index (χ0n) is 11.3. The van der Waals surface area contributed by atoms with Crippen molar-refractivity contribution < 1.29 is 9.98 Å². The van der Waals surface area contributed by atoms with Gasteiger partial charge >= 0.3 is 0 Å². The smallest absolute Gasteiger partial charge is 0.270 e. The molecule has 0 amide bonds. The van der Waals surface area contributed by atoms with E-state index < -0.39 is 0 Å². The minimum absolute atomic E-state index is 1.00. The number of hydrogen-bond acceptors (Lipinski definition) is 2. The first kappa shape index (κ1) is 11.5. The van der Waals surface area contributed by atoms with Crippen LogP contribution in [-0.4, -0.2) is 37.9 Å². The van der Waals surface area contributed by atoms with E-state index >= 15 is 0 Å². The van der Waals surface area contributed by atoms with Crippen LogP contribution in [0.5, 0.6) is 0 Å². The van der Waals surface area contributed by atoms with E-state index in [2.05, 4.69) is 57.0 Å². The van der Waals surface area contributed by atoms with E-state index in [1.54, 1.807) is 0 Å². The van der Waals surface area contributed by atoms with Crippen molar-refractivity contribution in [2.75, 3.05) is 26.2 Å². The first-order valence-corrected chi connectivity index (χ1v) is 7.14. The predicted molar refractivity (Wildman–Crippen MR) is 79.8 cm³/mol. The van der Waals surface area contributed by atoms with Crippen molar-refractivity contribution in [1.29, 1.82) is 0 Å². The second-order valence-corrected chi connectivity index (χ2v) is 5.23. The quantitative estimate of drug-likeness (QED) is 0.494. The average molecular weight is 266 g/mol. The highest BCUT2D eigenvalue weighted by atomic mass is 15.1. The molecule has 2 aromatic carbocycles. The van der Waals surface area contributed by atoms with Crippen LogP contribution in [-0.2, 0) is 0 Å². The third kappa shape index (κ3) is 1.93. The summed E-state index contributed by atoms with van der Waals surface area (Å²) in [5.74, 6) is 2.29. The summed E-state index contributed by atoms with van der Waals surface area (Å²) in [5.41, 5.74) is 2.46. The molecule has 4 heteroatoms. The molecule has 4 N–H and O–H groups in total. The Morgan fingerprint density at radius 3 is 1.60 bits per heavy atom. The van der Waals surface area contributed by atoms with Gasteiger partial charge in [-0.05, 0) is 35.0 Å². The molecule has 0 spiro atoms. The number of nitrogens with one attached hydrogen (secondary N) is 4. The molecule has 0 fully saturated rings. The van der Waals surface area contributed by atoms with Gasteiger partial charge in [-0.1, -0.05) is 12.1 Å². The van der Waals surface area contributed by atoms with Crippen LogP contribution in [0.15, 0.2) is 36.4 Å². The van der Waals surface area contributed by atoms with E-state index in [9.17, 15) is 0 Å². The highest BCUT2D eigenvalue weighted by molar-refractivity contribution is 6.02. The first-order valence-electron chi connectivity index (χ1n) is 7.14. The molecule has 0 unspecified atom stereocenters. The van der Waals surface area contributed by atoms with Crippen molar-refractivity contribution in [2.24, 2.45) is 0 Å². The van der Waals surface area contributed by atoms with E-state index in [0.29, 0.717) is 0 Å². The molecule has 100 valence electrons. The SMILES string of the molecule is c1cc2cc(C3=[NH+]CCN3)ccc2cc1C1=[NH+]CCN1. The number of benzene rings is 2. The number of amidine groups is 2. The maximum Gasteiger partial charge on any atom is 0.275 e. The summed E-state index contributed by atoms with van der Waals surface area (Å²) in [4.78, 5) is 6.75. The third-order valence-electron chi connectivity index (χ3n) is 3.87. The van der Waals surface area contributed by atoms with Crippen LogP contribution in [0.3, 0.4) is 0 Å². The third-order valence-corrected chi connectivity index (χ3v) is 3.87. The average Bonchev–Trinajstić information content (AvgIpc) is 3.19. The molecule has 2 heterocycles. The van der Waals surface area contributed by atoms with Crippen molar-refractivity contribution in [3.8, 4) is 0 Å². The Labute approximate surface area is 117 Å². The van der Waals surface area contributed by atoms with Crippen molar-refractivity contribution in [3.63, 3.8) is 0 Å². The minimum Gasteiger partial charge on any atom is -0.270 e. The van der Waals surface area contributed by atoms with Gasteiger partial charge in [0.25, 0.3) is 11.7 Å². The Kier molecular flexibility index (Phi) is 2.66. The molecule has 0 atom stereocenters. The number of fused-ring (bicyclic) bond motifs is 1. The van der Waals surface area contributed by atoms with Crippen LogP contribution in [0.2, 0.25) is 0 Å². The lowest BCUT2D eigenvalue weighted by molar-refractivity contribution is -0.444. The molecule has 2 aliphatic heterocycles. The first-order chi connectivity index (χ1) is 9.90. The standard InChI is InChI=1S/C16H16N4/c1-3-13(15-17-5-6-18-15)10-12-2-4-14(9-11(1)12)16-19-7-8-20-16/h1-4,9-10H,5-8H2,(H,17,18)(H,19,20)/p+2. The van der Waals surface area contributed by atoms with Gasteiger partial charge in [0.1, 0.15) is 26.2 Å². The molecule has 0 bridgehead atoms. The van der Waals surface area contributed by atoms with E-state index in [4.69, 9.17) is 0 Å². The highest BCUT2D eigenvalue weighted by Gasteiger charge is 2.17. The molecular formula is C16H18N4+2. The van der Waals surface area contributed by atoms with Gasteiger partial charge in [-0.25, -0.2) is 0 Å². The van der Waals surface area contributed by atoms with Gasteiger partial charge in [0.05, 0.1) is 11.1 Å². The van der Waals surface area contributed by atoms with Crippen molar-refractivity contribution in [3.05, 3.63) is 47.5 Å². The number of rotatable bonds is 2. The van der Waals surface area contributed by atoms with Gasteiger partial charge in [0.15, 0.2) is 0 Å². The summed E-state index contributed by atoms with van der Waals surface area (Å²) in [6, 6.07) is 13.2. The van der Waals surface area contributed by atoms with Crippen molar-refractivity contribution in [1.82, 2.24) is 10.6 Å². The molecule has 4 rings (SSSR count). The molecule has 4 nitrogen and oxygen atoms in total. The molecule has 0 radical (unpaired) electrons. The Bertz CT molecular complexity index is 667. The summed E-state index contributed by atoms with van der Waals surface area (Å²) in [6.07, 6.45) is 0. The van der Waals surface area contributed by atoms with Gasteiger partial charge in [-0.3, -0.25) is 20.6 Å². The van der Waals surface area contributed by atoms with Gasteiger partial charge in [0.2, 0.25) is 0 Å². The molecule has 20 heavy (non-hydrogen) atoms. The number of hydrogen-bond donors (Lipinski definition) is 4. The van der Waals surface area contributed by atoms with E-state index in [1.807, 2.05) is 0 Å². The van der Waals surface area contributed by atoms with E-state index in [1.165, 1.54) is 21.9 Å². The molecular weight excluding hydrogens is 248 g/mol. The molecule has 0 aromatic heterocycles. The summed E-state index contributed by atoms with van der Waals surface area (Å²) >= 11 is 0. The van der Waals surface area contributed by atoms with Crippen LogP contribution >= 0.6 is 0 Å². The maximum atomic E-state index is 3.38. The normalized spacial score (nSPS) is 17.6. The lowest BCUT2D eigenvalue weighted by Gasteiger charge is -2.03. The summed E-state index contributed by atoms with van der Waals surface area (Å²) < 4.78 is 0. The van der Waals surface area contributed by atoms with Crippen LogP contribution in [0.4, 0.5) is 0 Å². The summed E-state index contributed by atoms with van der Waals surface area (Å²) in [5, 5.41) is 9.29. The van der Waals surface area contributed by atoms with Crippen LogP contribution in [0.1, 0.15) is 11.1 Å². The Morgan fingerprint density at radius 1 is 0.700 bits per heavy atom.